The van der Waals surface area contributed by atoms with Crippen molar-refractivity contribution in [2.45, 2.75) is 0 Å². The molecule has 0 aliphatic carbocycles. The van der Waals surface area contributed by atoms with Crippen molar-refractivity contribution < 1.29 is 19.0 Å². The van der Waals surface area contributed by atoms with Crippen LogP contribution in [0.4, 0.5) is 10.5 Å². The Hall–Kier alpha value is -1.99. The molecular formula is C11H9N2O4S+. The fourth-order valence-electron chi connectivity index (χ4n) is 1.61. The number of thioether (sulfide) groups is 1. The van der Waals surface area contributed by atoms with Crippen LogP contribution in [0.15, 0.2) is 29.7 Å². The summed E-state index contributed by atoms with van der Waals surface area (Å²) in [6.07, 6.45) is 0.551. The molecule has 1 unspecified atom stereocenters. The zero-order valence-electron chi connectivity index (χ0n) is 9.40. The number of benzene rings is 1. The first-order valence-corrected chi connectivity index (χ1v) is 5.86. The van der Waals surface area contributed by atoms with Crippen LogP contribution < -0.4 is 0 Å². The Labute approximate surface area is 107 Å². The first-order chi connectivity index (χ1) is 8.49. The molecule has 1 aromatic carbocycles. The van der Waals surface area contributed by atoms with E-state index in [0.717, 1.165) is 11.8 Å². The molecule has 1 aliphatic rings. The Kier molecular flexibility index (Phi) is 3.02. The van der Waals surface area contributed by atoms with Crippen molar-refractivity contribution in [2.75, 3.05) is 7.05 Å². The molecule has 6 nitrogen and oxygen atoms in total. The molecule has 0 aromatic heterocycles. The van der Waals surface area contributed by atoms with E-state index in [9.17, 15) is 19.7 Å². The average Bonchev–Trinajstić information content (AvgIpc) is 2.67. The molecule has 2 rings (SSSR count). The van der Waals surface area contributed by atoms with Gasteiger partial charge in [0.1, 0.15) is 0 Å². The Balaban J connectivity index is 2.41. The van der Waals surface area contributed by atoms with Crippen molar-refractivity contribution in [2.24, 2.45) is 0 Å². The van der Waals surface area contributed by atoms with Gasteiger partial charge in [-0.05, 0) is 12.1 Å². The highest BCUT2D eigenvalue weighted by Crippen LogP contribution is 2.37. The highest BCUT2D eigenvalue weighted by Gasteiger charge is 2.43. The maximum Gasteiger partial charge on any atom is 0.391 e. The molecule has 0 N–H and O–H groups in total. The number of hydrogen-bond acceptors (Lipinski definition) is 5. The summed E-state index contributed by atoms with van der Waals surface area (Å²) >= 11 is 0.948. The standard InChI is InChI=1S/C11H9N2O4S/c1-13(7-14)10(6-18-11(13)15)8-2-4-9(5-3-8)12(16)17/h2-7H,1H3/q+1. The minimum absolute atomic E-state index is 0.0309. The van der Waals surface area contributed by atoms with Crippen molar-refractivity contribution in [1.82, 2.24) is 0 Å². The SMILES string of the molecule is C[N+]1(C=O)C(=O)SC=C1c1ccc([N+](=O)[O-])cc1. The van der Waals surface area contributed by atoms with E-state index < -0.39 is 9.41 Å². The minimum Gasteiger partial charge on any atom is -0.258 e. The van der Waals surface area contributed by atoms with Crippen molar-refractivity contribution >= 4 is 34.8 Å². The molecule has 0 spiro atoms. The summed E-state index contributed by atoms with van der Waals surface area (Å²) in [4.78, 5) is 32.8. The van der Waals surface area contributed by atoms with Crippen molar-refractivity contribution in [3.8, 4) is 0 Å². The van der Waals surface area contributed by atoms with Gasteiger partial charge in [0.25, 0.3) is 5.69 Å². The molecule has 1 aliphatic heterocycles. The van der Waals surface area contributed by atoms with Crippen molar-refractivity contribution in [3.63, 3.8) is 0 Å². The second kappa shape index (κ2) is 4.35. The Morgan fingerprint density at radius 1 is 1.33 bits per heavy atom. The number of carbonyl (C=O) groups is 2. The van der Waals surface area contributed by atoms with E-state index in [1.165, 1.54) is 31.3 Å². The second-order valence-electron chi connectivity index (χ2n) is 3.87. The highest BCUT2D eigenvalue weighted by atomic mass is 32.2. The maximum atomic E-state index is 11.6. The number of hydrogen-bond donors (Lipinski definition) is 0. The van der Waals surface area contributed by atoms with Crippen LogP contribution in [0.25, 0.3) is 5.70 Å². The number of nitro benzene ring substituents is 1. The molecule has 1 heterocycles. The van der Waals surface area contributed by atoms with Gasteiger partial charge in [0, 0.05) is 34.9 Å². The third kappa shape index (κ3) is 1.83. The Morgan fingerprint density at radius 3 is 2.44 bits per heavy atom. The van der Waals surface area contributed by atoms with Crippen LogP contribution in [0.3, 0.4) is 0 Å². The van der Waals surface area contributed by atoms with Gasteiger partial charge in [0.05, 0.1) is 12.0 Å². The number of amides is 2. The first kappa shape index (κ1) is 12.5. The Bertz CT molecular complexity index is 567. The van der Waals surface area contributed by atoms with E-state index in [1.54, 1.807) is 5.41 Å². The third-order valence-corrected chi connectivity index (χ3v) is 3.66. The van der Waals surface area contributed by atoms with E-state index in [-0.39, 0.29) is 10.9 Å². The van der Waals surface area contributed by atoms with Crippen molar-refractivity contribution in [3.05, 3.63) is 45.4 Å². The van der Waals surface area contributed by atoms with E-state index in [1.807, 2.05) is 0 Å². The number of nitro groups is 1. The largest absolute Gasteiger partial charge is 0.391 e. The van der Waals surface area contributed by atoms with Gasteiger partial charge in [-0.25, -0.2) is 9.59 Å². The van der Waals surface area contributed by atoms with Gasteiger partial charge in [0.2, 0.25) is 0 Å². The first-order valence-electron chi connectivity index (χ1n) is 4.98. The monoisotopic (exact) mass is 265 g/mol. The molecule has 0 bridgehead atoms. The summed E-state index contributed by atoms with van der Waals surface area (Å²) in [5, 5.41) is 11.8. The van der Waals surface area contributed by atoms with Gasteiger partial charge >= 0.3 is 11.6 Å². The predicted molar refractivity (Wildman–Crippen MR) is 66.3 cm³/mol. The molecule has 1 aromatic rings. The van der Waals surface area contributed by atoms with Gasteiger partial charge in [0.15, 0.2) is 5.70 Å². The zero-order chi connectivity index (χ0) is 13.3. The second-order valence-corrected chi connectivity index (χ2v) is 4.69. The number of imide groups is 1. The summed E-state index contributed by atoms with van der Waals surface area (Å²) in [5.74, 6) is 0. The summed E-state index contributed by atoms with van der Waals surface area (Å²) in [6, 6.07) is 5.75. The lowest BCUT2D eigenvalue weighted by molar-refractivity contribution is -0.652. The number of rotatable bonds is 3. The molecule has 0 radical (unpaired) electrons. The summed E-state index contributed by atoms with van der Waals surface area (Å²) < 4.78 is -0.456. The molecule has 92 valence electrons. The predicted octanol–water partition coefficient (Wildman–Crippen LogP) is 2.36. The van der Waals surface area contributed by atoms with Gasteiger partial charge in [-0.2, -0.15) is 4.48 Å². The topological polar surface area (TPSA) is 77.3 Å². The molecule has 0 fully saturated rings. The maximum absolute atomic E-state index is 11.6. The molecule has 1 atom stereocenters. The quantitative estimate of drug-likeness (QED) is 0.363. The smallest absolute Gasteiger partial charge is 0.258 e. The van der Waals surface area contributed by atoms with Crippen LogP contribution in [0.2, 0.25) is 0 Å². The molecule has 0 saturated carbocycles. The van der Waals surface area contributed by atoms with E-state index in [2.05, 4.69) is 0 Å². The number of nitrogens with zero attached hydrogens (tertiary/aromatic N) is 2. The highest BCUT2D eigenvalue weighted by molar-refractivity contribution is 8.16. The third-order valence-electron chi connectivity index (χ3n) is 2.74. The lowest BCUT2D eigenvalue weighted by Gasteiger charge is -2.19. The van der Waals surface area contributed by atoms with Gasteiger partial charge in [-0.3, -0.25) is 10.1 Å². The summed E-state index contributed by atoms with van der Waals surface area (Å²) in [7, 11) is 1.49. The van der Waals surface area contributed by atoms with E-state index in [4.69, 9.17) is 0 Å². The fourth-order valence-corrected chi connectivity index (χ4v) is 2.54. The van der Waals surface area contributed by atoms with Crippen LogP contribution in [0.5, 0.6) is 0 Å². The summed E-state index contributed by atoms with van der Waals surface area (Å²) in [5.41, 5.74) is 1.11. The van der Waals surface area contributed by atoms with Crippen LogP contribution >= 0.6 is 11.8 Å². The van der Waals surface area contributed by atoms with Crippen LogP contribution in [-0.2, 0) is 4.79 Å². The van der Waals surface area contributed by atoms with Gasteiger partial charge < -0.3 is 0 Å². The van der Waals surface area contributed by atoms with E-state index >= 15 is 0 Å². The molecule has 2 amide bonds. The van der Waals surface area contributed by atoms with Gasteiger partial charge in [-0.1, -0.05) is 0 Å². The number of carbonyl (C=O) groups excluding carboxylic acids is 2. The lowest BCUT2D eigenvalue weighted by atomic mass is 10.1. The average molecular weight is 265 g/mol. The summed E-state index contributed by atoms with van der Waals surface area (Å²) in [6.45, 7) is 0. The van der Waals surface area contributed by atoms with Crippen LogP contribution in [-0.4, -0.2) is 28.1 Å². The van der Waals surface area contributed by atoms with Crippen LogP contribution in [0, 0.1) is 10.1 Å². The number of quaternary nitrogens is 1. The van der Waals surface area contributed by atoms with Crippen molar-refractivity contribution in [1.29, 1.82) is 0 Å². The lowest BCUT2D eigenvalue weighted by Crippen LogP contribution is -2.40. The number of non-ortho nitro benzene ring substituents is 1. The van der Waals surface area contributed by atoms with E-state index in [0.29, 0.717) is 17.7 Å². The minimum atomic E-state index is -0.500. The molecule has 0 saturated heterocycles. The molecule has 7 heteroatoms. The zero-order valence-corrected chi connectivity index (χ0v) is 10.2. The molecule has 18 heavy (non-hydrogen) atoms. The van der Waals surface area contributed by atoms with Gasteiger partial charge in [-0.15, -0.1) is 0 Å². The fraction of sp³-hybridized carbons (Fsp3) is 0.0909. The normalized spacial score (nSPS) is 22.7. The molecular weight excluding hydrogens is 256 g/mol. The Morgan fingerprint density at radius 2 is 1.94 bits per heavy atom. The van der Waals surface area contributed by atoms with Crippen LogP contribution in [0.1, 0.15) is 5.56 Å².